The number of ether oxygens (including phenoxy) is 2. The van der Waals surface area contributed by atoms with Gasteiger partial charge in [0.25, 0.3) is 0 Å². The molecule has 0 radical (unpaired) electrons. The summed E-state index contributed by atoms with van der Waals surface area (Å²) in [5.41, 5.74) is 4.33. The summed E-state index contributed by atoms with van der Waals surface area (Å²) in [6.07, 6.45) is 29.9. The van der Waals surface area contributed by atoms with Crippen molar-refractivity contribution >= 4 is 28.7 Å². The van der Waals surface area contributed by atoms with Crippen molar-refractivity contribution in [3.63, 3.8) is 0 Å². The van der Waals surface area contributed by atoms with E-state index in [-0.39, 0.29) is 24.3 Å². The van der Waals surface area contributed by atoms with E-state index in [4.69, 9.17) is 15.2 Å². The zero-order valence-corrected chi connectivity index (χ0v) is 33.3. The highest BCUT2D eigenvalue weighted by Crippen LogP contribution is 2.43. The fraction of sp³-hybridized carbons (Fsp3) is 0.833. The highest BCUT2D eigenvalue weighted by atomic mass is 16.6. The molecule has 0 saturated carbocycles. The van der Waals surface area contributed by atoms with Gasteiger partial charge in [-0.3, -0.25) is 14.2 Å². The van der Waals surface area contributed by atoms with Crippen LogP contribution in [0, 0.1) is 0 Å². The molecule has 2 aromatic rings. The number of Topliss-reactive ketones (excluding diaryl/α,β-unsaturated/α-hetero) is 1. The molecule has 4 atom stereocenters. The van der Waals surface area contributed by atoms with Crippen LogP contribution >= 0.6 is 0 Å². The van der Waals surface area contributed by atoms with Gasteiger partial charge in [-0.15, -0.1) is 0 Å². The Morgan fingerprint density at radius 1 is 0.717 bits per heavy atom. The number of aliphatic hydroxyl groups excluding tert-OH is 1. The topological polar surface area (TPSA) is 163 Å². The Bertz CT molecular complexity index is 1290. The number of carbonyl (C=O) groups is 2. The highest BCUT2D eigenvalue weighted by Gasteiger charge is 2.63. The minimum Gasteiger partial charge on any atom is -0.456 e. The zero-order valence-electron chi connectivity index (χ0n) is 33.3. The molecule has 0 spiro atoms. The quantitative estimate of drug-likeness (QED) is 0.0486. The SMILES string of the molecule is CCCCCCCCCCCCCCCC(=O)O[C@@H]1[C@@H](CO)O[C@@H](n2cnc3c(N)ncnc32)[C@@]1(O)C(=O)CCCCCCCCCCCCCCC. The molecule has 1 aliphatic heterocycles. The maximum absolute atomic E-state index is 14.0. The number of carbonyl (C=O) groups excluding carboxylic acids is 2. The predicted octanol–water partition coefficient (Wildman–Crippen LogP) is 9.47. The van der Waals surface area contributed by atoms with Gasteiger partial charge >= 0.3 is 5.97 Å². The molecule has 1 aliphatic rings. The zero-order chi connectivity index (χ0) is 38.2. The molecule has 4 N–H and O–H groups in total. The van der Waals surface area contributed by atoms with Crippen molar-refractivity contribution in [1.29, 1.82) is 0 Å². The van der Waals surface area contributed by atoms with Crippen molar-refractivity contribution in [2.24, 2.45) is 0 Å². The average Bonchev–Trinajstić information content (AvgIpc) is 3.71. The summed E-state index contributed by atoms with van der Waals surface area (Å²) in [5, 5.41) is 22.6. The van der Waals surface area contributed by atoms with Gasteiger partial charge in [0.05, 0.1) is 12.9 Å². The third-order valence-electron chi connectivity index (χ3n) is 11.0. The average molecular weight is 744 g/mol. The first-order chi connectivity index (χ1) is 25.9. The van der Waals surface area contributed by atoms with Gasteiger partial charge in [-0.1, -0.05) is 168 Å². The first-order valence-electron chi connectivity index (χ1n) is 21.5. The van der Waals surface area contributed by atoms with Gasteiger partial charge in [-0.25, -0.2) is 15.0 Å². The smallest absolute Gasteiger partial charge is 0.306 e. The van der Waals surface area contributed by atoms with Crippen molar-refractivity contribution in [3.8, 4) is 0 Å². The number of ketones is 1. The number of nitrogens with two attached hydrogens (primary N) is 1. The minimum absolute atomic E-state index is 0.0862. The first kappa shape index (κ1) is 44.8. The van der Waals surface area contributed by atoms with Crippen LogP contribution in [0.3, 0.4) is 0 Å². The van der Waals surface area contributed by atoms with Crippen LogP contribution < -0.4 is 5.73 Å². The van der Waals surface area contributed by atoms with Gasteiger partial charge in [0.2, 0.25) is 5.60 Å². The number of esters is 1. The van der Waals surface area contributed by atoms with Gasteiger partial charge in [-0.2, -0.15) is 0 Å². The molecule has 1 fully saturated rings. The van der Waals surface area contributed by atoms with Crippen molar-refractivity contribution in [3.05, 3.63) is 12.7 Å². The molecule has 0 aromatic carbocycles. The number of imidazole rings is 1. The van der Waals surface area contributed by atoms with Crippen LogP contribution in [-0.2, 0) is 19.1 Å². The van der Waals surface area contributed by atoms with Gasteiger partial charge < -0.3 is 25.4 Å². The Morgan fingerprint density at radius 3 is 1.64 bits per heavy atom. The molecular weight excluding hydrogens is 670 g/mol. The number of fused-ring (bicyclic) bond motifs is 1. The van der Waals surface area contributed by atoms with Crippen LogP contribution in [0.2, 0.25) is 0 Å². The van der Waals surface area contributed by atoms with E-state index in [0.717, 1.165) is 38.5 Å². The maximum Gasteiger partial charge on any atom is 0.306 e. The Kier molecular flexibility index (Phi) is 22.1. The maximum atomic E-state index is 14.0. The van der Waals surface area contributed by atoms with Crippen LogP contribution in [0.25, 0.3) is 11.2 Å². The number of unbranched alkanes of at least 4 members (excludes halogenated alkanes) is 24. The summed E-state index contributed by atoms with van der Waals surface area (Å²) in [5.74, 6) is -0.868. The van der Waals surface area contributed by atoms with Crippen LogP contribution in [0.5, 0.6) is 0 Å². The van der Waals surface area contributed by atoms with E-state index in [0.29, 0.717) is 18.4 Å². The van der Waals surface area contributed by atoms with Crippen LogP contribution in [0.4, 0.5) is 5.82 Å². The Hall–Kier alpha value is -2.63. The van der Waals surface area contributed by atoms with E-state index in [1.165, 1.54) is 133 Å². The molecule has 0 unspecified atom stereocenters. The van der Waals surface area contributed by atoms with Gasteiger partial charge in [-0.05, 0) is 12.8 Å². The van der Waals surface area contributed by atoms with E-state index < -0.39 is 42.4 Å². The number of nitrogens with zero attached hydrogens (tertiary/aromatic N) is 4. The third-order valence-corrected chi connectivity index (χ3v) is 11.0. The van der Waals surface area contributed by atoms with Gasteiger partial charge in [0.15, 0.2) is 29.6 Å². The predicted molar refractivity (Wildman–Crippen MR) is 211 cm³/mol. The van der Waals surface area contributed by atoms with Crippen LogP contribution in [0.15, 0.2) is 12.7 Å². The van der Waals surface area contributed by atoms with Crippen molar-refractivity contribution in [2.75, 3.05) is 12.3 Å². The molecule has 3 heterocycles. The van der Waals surface area contributed by atoms with Crippen LogP contribution in [-0.4, -0.2) is 65.9 Å². The number of anilines is 1. The van der Waals surface area contributed by atoms with E-state index in [1.54, 1.807) is 0 Å². The molecule has 3 rings (SSSR count). The Morgan fingerprint density at radius 2 is 1.17 bits per heavy atom. The number of hydrogen-bond donors (Lipinski definition) is 3. The summed E-state index contributed by atoms with van der Waals surface area (Å²) in [6, 6.07) is 0. The molecular formula is C42H73N5O6. The molecule has 11 heteroatoms. The standard InChI is InChI=1S/C42H73N5O6/c1-3-5-7-9-11-13-15-17-19-21-23-25-27-29-35(49)42(51)38(34(31-48)52-41(42)47-33-46-37-39(43)44-32-45-40(37)47)53-36(50)30-28-26-24-22-20-18-16-14-12-10-8-6-4-2/h32-34,38,41,48,51H,3-31H2,1-2H3,(H2,43,44,45)/t34-,38-,41-,42-/m1/s1. The number of rotatable bonds is 32. The molecule has 0 amide bonds. The van der Waals surface area contributed by atoms with E-state index in [1.807, 2.05) is 0 Å². The third kappa shape index (κ3) is 14.9. The van der Waals surface area contributed by atoms with E-state index >= 15 is 0 Å². The van der Waals surface area contributed by atoms with Crippen molar-refractivity contribution in [2.45, 2.75) is 218 Å². The van der Waals surface area contributed by atoms with E-state index in [9.17, 15) is 19.8 Å². The number of nitrogen functional groups attached to an aromatic ring is 1. The van der Waals surface area contributed by atoms with Gasteiger partial charge in [0, 0.05) is 12.8 Å². The monoisotopic (exact) mass is 744 g/mol. The van der Waals surface area contributed by atoms with Crippen LogP contribution in [0.1, 0.15) is 200 Å². The van der Waals surface area contributed by atoms with Gasteiger partial charge in [0.1, 0.15) is 17.9 Å². The summed E-state index contributed by atoms with van der Waals surface area (Å²) < 4.78 is 13.4. The second kappa shape index (κ2) is 26.2. The Balaban J connectivity index is 1.50. The summed E-state index contributed by atoms with van der Waals surface area (Å²) in [6.45, 7) is 3.94. The number of hydrogen-bond acceptors (Lipinski definition) is 10. The lowest BCUT2D eigenvalue weighted by Crippen LogP contribution is -2.55. The fourth-order valence-corrected chi connectivity index (χ4v) is 7.68. The summed E-state index contributed by atoms with van der Waals surface area (Å²) in [4.78, 5) is 39.8. The molecule has 11 nitrogen and oxygen atoms in total. The Labute approximate surface area is 319 Å². The van der Waals surface area contributed by atoms with Crippen molar-refractivity contribution < 1.29 is 29.3 Å². The number of aliphatic hydroxyl groups is 2. The fourth-order valence-electron chi connectivity index (χ4n) is 7.68. The summed E-state index contributed by atoms with van der Waals surface area (Å²) in [7, 11) is 0. The number of aromatic nitrogens is 4. The highest BCUT2D eigenvalue weighted by molar-refractivity contribution is 5.90. The summed E-state index contributed by atoms with van der Waals surface area (Å²) >= 11 is 0. The first-order valence-corrected chi connectivity index (χ1v) is 21.5. The minimum atomic E-state index is -2.26. The lowest BCUT2D eigenvalue weighted by Gasteiger charge is -2.32. The molecule has 302 valence electrons. The second-order valence-electron chi connectivity index (χ2n) is 15.4. The normalized spacial score (nSPS) is 20.0. The molecule has 53 heavy (non-hydrogen) atoms. The van der Waals surface area contributed by atoms with E-state index in [2.05, 4.69) is 28.8 Å². The van der Waals surface area contributed by atoms with Crippen molar-refractivity contribution in [1.82, 2.24) is 19.5 Å². The second-order valence-corrected chi connectivity index (χ2v) is 15.4. The largest absolute Gasteiger partial charge is 0.456 e. The molecule has 0 bridgehead atoms. The molecule has 1 saturated heterocycles. The lowest BCUT2D eigenvalue weighted by molar-refractivity contribution is -0.173. The lowest BCUT2D eigenvalue weighted by atomic mass is 9.86. The molecule has 0 aliphatic carbocycles. The molecule has 2 aromatic heterocycles.